The second-order valence-electron chi connectivity index (χ2n) is 6.46. The van der Waals surface area contributed by atoms with Gasteiger partial charge in [0.05, 0.1) is 30.4 Å². The van der Waals surface area contributed by atoms with Gasteiger partial charge in [-0.2, -0.15) is 5.10 Å². The zero-order valence-electron chi connectivity index (χ0n) is 14.9. The summed E-state index contributed by atoms with van der Waals surface area (Å²) in [6.45, 7) is 7.46. The molecule has 2 heterocycles. The number of aryl methyl sites for hydroxylation is 2. The van der Waals surface area contributed by atoms with Gasteiger partial charge in [-0.05, 0) is 25.2 Å². The monoisotopic (exact) mass is 323 g/mol. The molecule has 1 saturated heterocycles. The van der Waals surface area contributed by atoms with Gasteiger partial charge in [-0.15, -0.1) is 0 Å². The zero-order chi connectivity index (χ0) is 17.0. The fraction of sp³-hybridized carbons (Fsp3) is 0.765. The second kappa shape index (κ2) is 7.81. The lowest BCUT2D eigenvalue weighted by atomic mass is 9.87. The number of nitrogens with zero attached hydrogens (tertiary/aromatic N) is 2. The van der Waals surface area contributed by atoms with Crippen molar-refractivity contribution in [3.8, 4) is 5.88 Å². The average Bonchev–Trinajstić information content (AvgIpc) is 2.87. The van der Waals surface area contributed by atoms with E-state index in [9.17, 15) is 4.79 Å². The van der Waals surface area contributed by atoms with Crippen molar-refractivity contribution >= 4 is 5.91 Å². The van der Waals surface area contributed by atoms with E-state index in [-0.39, 0.29) is 17.9 Å². The lowest BCUT2D eigenvalue weighted by Crippen LogP contribution is -2.43. The van der Waals surface area contributed by atoms with E-state index >= 15 is 0 Å². The van der Waals surface area contributed by atoms with Gasteiger partial charge in [-0.1, -0.05) is 20.8 Å². The largest absolute Gasteiger partial charge is 0.481 e. The minimum Gasteiger partial charge on any atom is -0.481 e. The smallest absolute Gasteiger partial charge is 0.226 e. The van der Waals surface area contributed by atoms with Crippen LogP contribution in [0.25, 0.3) is 0 Å². The van der Waals surface area contributed by atoms with Gasteiger partial charge in [0.1, 0.15) is 0 Å². The summed E-state index contributed by atoms with van der Waals surface area (Å²) in [7, 11) is 3.48. The van der Waals surface area contributed by atoms with Crippen molar-refractivity contribution in [1.82, 2.24) is 15.1 Å². The Morgan fingerprint density at radius 1 is 1.52 bits per heavy atom. The highest BCUT2D eigenvalue weighted by atomic mass is 16.5. The van der Waals surface area contributed by atoms with Crippen LogP contribution in [0.5, 0.6) is 5.88 Å². The van der Waals surface area contributed by atoms with Crippen LogP contribution in [0.4, 0.5) is 0 Å². The van der Waals surface area contributed by atoms with E-state index in [4.69, 9.17) is 9.47 Å². The van der Waals surface area contributed by atoms with Gasteiger partial charge in [-0.25, -0.2) is 4.68 Å². The lowest BCUT2D eigenvalue weighted by molar-refractivity contribution is -0.137. The van der Waals surface area contributed by atoms with Gasteiger partial charge in [0.25, 0.3) is 0 Å². The number of rotatable bonds is 6. The van der Waals surface area contributed by atoms with Gasteiger partial charge >= 0.3 is 0 Å². The number of carbonyl (C=O) groups is 1. The molecule has 0 aliphatic carbocycles. The number of nitrogens with one attached hydrogen (secondary N) is 1. The predicted molar refractivity (Wildman–Crippen MR) is 88.3 cm³/mol. The minimum atomic E-state index is -0.0727. The summed E-state index contributed by atoms with van der Waals surface area (Å²) in [6.07, 6.45) is 2.64. The standard InChI is InChI=1S/C17H29N3O3/c1-6-14-13(17(22-5)20(4)19-14)10-18-16(21)12-8-7-9-23-15(12)11(2)3/h11-12,15H,6-10H2,1-5H3,(H,18,21)/t12-,15+/m0/s1. The summed E-state index contributed by atoms with van der Waals surface area (Å²) in [5, 5.41) is 7.51. The van der Waals surface area contributed by atoms with E-state index in [2.05, 4.69) is 31.2 Å². The van der Waals surface area contributed by atoms with Crippen molar-refractivity contribution in [1.29, 1.82) is 0 Å². The summed E-state index contributed by atoms with van der Waals surface area (Å²) < 4.78 is 13.0. The first-order valence-electron chi connectivity index (χ1n) is 8.47. The fourth-order valence-corrected chi connectivity index (χ4v) is 3.37. The molecule has 1 fully saturated rings. The molecule has 130 valence electrons. The molecule has 6 nitrogen and oxygen atoms in total. The third kappa shape index (κ3) is 3.86. The number of hydrogen-bond donors (Lipinski definition) is 1. The summed E-state index contributed by atoms with van der Waals surface area (Å²) >= 11 is 0. The molecule has 0 saturated carbocycles. The second-order valence-corrected chi connectivity index (χ2v) is 6.46. The molecule has 1 aromatic heterocycles. The molecule has 1 aliphatic heterocycles. The Balaban J connectivity index is 2.06. The van der Waals surface area contributed by atoms with Crippen molar-refractivity contribution in [2.45, 2.75) is 52.7 Å². The van der Waals surface area contributed by atoms with Crippen LogP contribution in [0, 0.1) is 11.8 Å². The lowest BCUT2D eigenvalue weighted by Gasteiger charge is -2.33. The third-order valence-corrected chi connectivity index (χ3v) is 4.50. The van der Waals surface area contributed by atoms with E-state index in [1.807, 2.05) is 7.05 Å². The van der Waals surface area contributed by atoms with Crippen molar-refractivity contribution in [2.24, 2.45) is 18.9 Å². The number of hydrogen-bond acceptors (Lipinski definition) is 4. The van der Waals surface area contributed by atoms with Crippen molar-refractivity contribution in [2.75, 3.05) is 13.7 Å². The van der Waals surface area contributed by atoms with Crippen LogP contribution in [-0.2, 0) is 29.5 Å². The Kier molecular flexibility index (Phi) is 6.04. The molecule has 0 spiro atoms. The van der Waals surface area contributed by atoms with Gasteiger partial charge in [0.2, 0.25) is 11.8 Å². The molecule has 1 aromatic rings. The van der Waals surface area contributed by atoms with E-state index in [0.717, 1.165) is 37.1 Å². The Morgan fingerprint density at radius 2 is 2.26 bits per heavy atom. The Labute approximate surface area is 138 Å². The number of aromatic nitrogens is 2. The molecule has 6 heteroatoms. The van der Waals surface area contributed by atoms with Gasteiger partial charge in [0.15, 0.2) is 0 Å². The topological polar surface area (TPSA) is 65.4 Å². The van der Waals surface area contributed by atoms with Gasteiger partial charge in [-0.3, -0.25) is 4.79 Å². The van der Waals surface area contributed by atoms with Crippen LogP contribution in [-0.4, -0.2) is 35.5 Å². The predicted octanol–water partition coefficient (Wildman–Crippen LogP) is 2.06. The van der Waals surface area contributed by atoms with E-state index < -0.39 is 0 Å². The van der Waals surface area contributed by atoms with Crippen LogP contribution < -0.4 is 10.1 Å². The minimum absolute atomic E-state index is 0.00481. The van der Waals surface area contributed by atoms with Crippen molar-refractivity contribution in [3.05, 3.63) is 11.3 Å². The molecule has 2 rings (SSSR count). The van der Waals surface area contributed by atoms with Crippen LogP contribution >= 0.6 is 0 Å². The number of carbonyl (C=O) groups excluding carboxylic acids is 1. The van der Waals surface area contributed by atoms with Crippen molar-refractivity contribution < 1.29 is 14.3 Å². The molecule has 2 atom stereocenters. The summed E-state index contributed by atoms with van der Waals surface area (Å²) in [6, 6.07) is 0. The first-order chi connectivity index (χ1) is 11.0. The SMILES string of the molecule is CCc1nn(C)c(OC)c1CNC(=O)[C@H]1CCCO[C@@H]1C(C)C. The highest BCUT2D eigenvalue weighted by Crippen LogP contribution is 2.27. The molecule has 0 unspecified atom stereocenters. The molecule has 1 aliphatic rings. The number of methoxy groups -OCH3 is 1. The van der Waals surface area contributed by atoms with Gasteiger partial charge < -0.3 is 14.8 Å². The maximum absolute atomic E-state index is 12.6. The maximum Gasteiger partial charge on any atom is 0.226 e. The fourth-order valence-electron chi connectivity index (χ4n) is 3.37. The summed E-state index contributed by atoms with van der Waals surface area (Å²) in [5.41, 5.74) is 1.92. The zero-order valence-corrected chi connectivity index (χ0v) is 14.9. The first-order valence-corrected chi connectivity index (χ1v) is 8.47. The van der Waals surface area contributed by atoms with Crippen LogP contribution in [0.15, 0.2) is 0 Å². The molecule has 23 heavy (non-hydrogen) atoms. The quantitative estimate of drug-likeness (QED) is 0.870. The van der Waals surface area contributed by atoms with Crippen molar-refractivity contribution in [3.63, 3.8) is 0 Å². The first kappa shape index (κ1) is 17.8. The highest BCUT2D eigenvalue weighted by Gasteiger charge is 2.34. The molecule has 1 amide bonds. The number of ether oxygens (including phenoxy) is 2. The molecule has 0 aromatic carbocycles. The molecular formula is C17H29N3O3. The molecule has 1 N–H and O–H groups in total. The van der Waals surface area contributed by atoms with E-state index in [0.29, 0.717) is 18.3 Å². The maximum atomic E-state index is 12.6. The summed E-state index contributed by atoms with van der Waals surface area (Å²) in [5.74, 6) is 1.04. The molecular weight excluding hydrogens is 294 g/mol. The van der Waals surface area contributed by atoms with Crippen LogP contribution in [0.1, 0.15) is 44.9 Å². The Bertz CT molecular complexity index is 539. The van der Waals surface area contributed by atoms with E-state index in [1.54, 1.807) is 11.8 Å². The normalized spacial score (nSPS) is 21.5. The van der Waals surface area contributed by atoms with Crippen LogP contribution in [0.2, 0.25) is 0 Å². The Morgan fingerprint density at radius 3 is 2.87 bits per heavy atom. The number of amides is 1. The third-order valence-electron chi connectivity index (χ3n) is 4.50. The van der Waals surface area contributed by atoms with E-state index in [1.165, 1.54) is 0 Å². The van der Waals surface area contributed by atoms with Gasteiger partial charge in [0, 0.05) is 20.2 Å². The average molecular weight is 323 g/mol. The Hall–Kier alpha value is -1.56. The highest BCUT2D eigenvalue weighted by molar-refractivity contribution is 5.79. The van der Waals surface area contributed by atoms with Crippen LogP contribution in [0.3, 0.4) is 0 Å². The molecule has 0 bridgehead atoms. The molecule has 0 radical (unpaired) electrons. The summed E-state index contributed by atoms with van der Waals surface area (Å²) in [4.78, 5) is 12.6.